The summed E-state index contributed by atoms with van der Waals surface area (Å²) in [6.45, 7) is 5.23. The number of hydrogen-bond donors (Lipinski definition) is 2. The Balaban J connectivity index is 2.38. The molecule has 0 radical (unpaired) electrons. The van der Waals surface area contributed by atoms with E-state index in [1.54, 1.807) is 0 Å². The van der Waals surface area contributed by atoms with Crippen molar-refractivity contribution in [2.45, 2.75) is 45.3 Å². The minimum absolute atomic E-state index is 0.0322. The van der Waals surface area contributed by atoms with Crippen molar-refractivity contribution in [1.29, 1.82) is 0 Å². The number of carbonyl (C=O) groups is 2. The zero-order valence-electron chi connectivity index (χ0n) is 11.0. The molecule has 1 fully saturated rings. The molecular formula is C12H22N2O4. The van der Waals surface area contributed by atoms with Crippen molar-refractivity contribution < 1.29 is 19.4 Å². The van der Waals surface area contributed by atoms with Gasteiger partial charge < -0.3 is 20.1 Å². The second-order valence-electron chi connectivity index (χ2n) is 4.51. The van der Waals surface area contributed by atoms with E-state index >= 15 is 0 Å². The summed E-state index contributed by atoms with van der Waals surface area (Å²) in [6.07, 6.45) is 2.03. The van der Waals surface area contributed by atoms with Crippen LogP contribution in [0.15, 0.2) is 0 Å². The quantitative estimate of drug-likeness (QED) is 0.746. The van der Waals surface area contributed by atoms with Crippen LogP contribution in [0.2, 0.25) is 0 Å². The average molecular weight is 258 g/mol. The SMILES string of the molecule is CCN(CCC(=O)O)C(=O)NC(C)C1CCCO1. The fraction of sp³-hybridized carbons (Fsp3) is 0.833. The fourth-order valence-electron chi connectivity index (χ4n) is 2.01. The second-order valence-corrected chi connectivity index (χ2v) is 4.51. The van der Waals surface area contributed by atoms with Crippen LogP contribution in [0, 0.1) is 0 Å². The van der Waals surface area contributed by atoms with Gasteiger partial charge in [-0.2, -0.15) is 0 Å². The summed E-state index contributed by atoms with van der Waals surface area (Å²) in [4.78, 5) is 23.9. The van der Waals surface area contributed by atoms with Crippen LogP contribution in [-0.2, 0) is 9.53 Å². The lowest BCUT2D eigenvalue weighted by Gasteiger charge is -2.25. The number of rotatable bonds is 6. The number of carboxylic acid groups (broad SMARTS) is 1. The van der Waals surface area contributed by atoms with E-state index in [1.807, 2.05) is 13.8 Å². The van der Waals surface area contributed by atoms with Gasteiger partial charge in [0.05, 0.1) is 18.6 Å². The molecule has 0 spiro atoms. The normalized spacial score (nSPS) is 20.4. The fourth-order valence-corrected chi connectivity index (χ4v) is 2.01. The van der Waals surface area contributed by atoms with E-state index in [0.29, 0.717) is 6.54 Å². The molecule has 18 heavy (non-hydrogen) atoms. The molecule has 0 aliphatic carbocycles. The minimum Gasteiger partial charge on any atom is -0.481 e. The van der Waals surface area contributed by atoms with Crippen molar-refractivity contribution in [3.63, 3.8) is 0 Å². The number of nitrogens with zero attached hydrogens (tertiary/aromatic N) is 1. The van der Waals surface area contributed by atoms with Gasteiger partial charge in [0, 0.05) is 19.7 Å². The summed E-state index contributed by atoms with van der Waals surface area (Å²) in [5.74, 6) is -0.895. The van der Waals surface area contributed by atoms with Crippen LogP contribution in [0.3, 0.4) is 0 Å². The predicted octanol–water partition coefficient (Wildman–Crippen LogP) is 1.06. The van der Waals surface area contributed by atoms with Crippen molar-refractivity contribution in [3.8, 4) is 0 Å². The maximum Gasteiger partial charge on any atom is 0.317 e. The average Bonchev–Trinajstić information content (AvgIpc) is 2.82. The molecule has 1 rings (SSSR count). The summed E-state index contributed by atoms with van der Waals surface area (Å²) < 4.78 is 5.50. The Bertz CT molecular complexity index is 290. The summed E-state index contributed by atoms with van der Waals surface area (Å²) in [6, 6.07) is -0.263. The first-order chi connectivity index (χ1) is 8.54. The largest absolute Gasteiger partial charge is 0.481 e. The monoisotopic (exact) mass is 258 g/mol. The molecule has 2 unspecified atom stereocenters. The predicted molar refractivity (Wildman–Crippen MR) is 66.5 cm³/mol. The molecule has 0 saturated carbocycles. The molecule has 0 bridgehead atoms. The maximum absolute atomic E-state index is 11.9. The van der Waals surface area contributed by atoms with Gasteiger partial charge in [0.15, 0.2) is 0 Å². The van der Waals surface area contributed by atoms with Crippen LogP contribution in [0.25, 0.3) is 0 Å². The lowest BCUT2D eigenvalue weighted by atomic mass is 10.1. The first kappa shape index (κ1) is 14.8. The Morgan fingerprint density at radius 1 is 1.56 bits per heavy atom. The van der Waals surface area contributed by atoms with Gasteiger partial charge >= 0.3 is 12.0 Å². The van der Waals surface area contributed by atoms with Crippen molar-refractivity contribution in [2.75, 3.05) is 19.7 Å². The Morgan fingerprint density at radius 2 is 2.28 bits per heavy atom. The van der Waals surface area contributed by atoms with Gasteiger partial charge in [0.1, 0.15) is 0 Å². The molecule has 0 aromatic rings. The van der Waals surface area contributed by atoms with Gasteiger partial charge in [-0.1, -0.05) is 0 Å². The van der Waals surface area contributed by atoms with Gasteiger partial charge in [0.25, 0.3) is 0 Å². The van der Waals surface area contributed by atoms with Gasteiger partial charge in [0.2, 0.25) is 0 Å². The maximum atomic E-state index is 11.9. The number of aliphatic carboxylic acids is 1. The van der Waals surface area contributed by atoms with Gasteiger partial charge in [-0.25, -0.2) is 4.79 Å². The van der Waals surface area contributed by atoms with Crippen LogP contribution < -0.4 is 5.32 Å². The third-order valence-corrected chi connectivity index (χ3v) is 3.14. The molecule has 1 aliphatic heterocycles. The number of amides is 2. The lowest BCUT2D eigenvalue weighted by Crippen LogP contribution is -2.48. The van der Waals surface area contributed by atoms with Gasteiger partial charge in [-0.05, 0) is 26.7 Å². The summed E-state index contributed by atoms with van der Waals surface area (Å²) in [5, 5.41) is 11.5. The molecule has 6 heteroatoms. The molecule has 6 nitrogen and oxygen atoms in total. The minimum atomic E-state index is -0.895. The van der Waals surface area contributed by atoms with E-state index < -0.39 is 5.97 Å². The highest BCUT2D eigenvalue weighted by molar-refractivity contribution is 5.75. The smallest absolute Gasteiger partial charge is 0.317 e. The van der Waals surface area contributed by atoms with Gasteiger partial charge in [-0.3, -0.25) is 4.79 Å². The topological polar surface area (TPSA) is 78.9 Å². The Labute approximate surface area is 107 Å². The van der Waals surface area contributed by atoms with Crippen LogP contribution in [0.1, 0.15) is 33.1 Å². The third-order valence-electron chi connectivity index (χ3n) is 3.14. The highest BCUT2D eigenvalue weighted by atomic mass is 16.5. The lowest BCUT2D eigenvalue weighted by molar-refractivity contribution is -0.137. The Morgan fingerprint density at radius 3 is 2.78 bits per heavy atom. The molecule has 0 aromatic heterocycles. The Kier molecular flexibility index (Phi) is 5.91. The standard InChI is InChI=1S/C12H22N2O4/c1-3-14(7-6-11(15)16)12(17)13-9(2)10-5-4-8-18-10/h9-10H,3-8H2,1-2H3,(H,13,17)(H,15,16). The van der Waals surface area contributed by atoms with E-state index in [-0.39, 0.29) is 31.1 Å². The molecule has 1 saturated heterocycles. The van der Waals surface area contributed by atoms with E-state index in [1.165, 1.54) is 4.90 Å². The van der Waals surface area contributed by atoms with E-state index in [2.05, 4.69) is 5.32 Å². The van der Waals surface area contributed by atoms with E-state index in [4.69, 9.17) is 9.84 Å². The second kappa shape index (κ2) is 7.20. The number of nitrogens with one attached hydrogen (secondary N) is 1. The number of ether oxygens (including phenoxy) is 1. The number of carbonyl (C=O) groups excluding carboxylic acids is 1. The van der Waals surface area contributed by atoms with Crippen LogP contribution in [0.5, 0.6) is 0 Å². The van der Waals surface area contributed by atoms with E-state index in [0.717, 1.165) is 19.4 Å². The molecule has 2 N–H and O–H groups in total. The highest BCUT2D eigenvalue weighted by Crippen LogP contribution is 2.15. The summed E-state index contributed by atoms with van der Waals surface area (Å²) in [7, 11) is 0. The molecule has 104 valence electrons. The zero-order chi connectivity index (χ0) is 13.5. The van der Waals surface area contributed by atoms with Crippen molar-refractivity contribution in [2.24, 2.45) is 0 Å². The molecule has 2 atom stereocenters. The molecule has 1 aliphatic rings. The summed E-state index contributed by atoms with van der Waals surface area (Å²) >= 11 is 0. The number of urea groups is 1. The van der Waals surface area contributed by atoms with Gasteiger partial charge in [-0.15, -0.1) is 0 Å². The van der Waals surface area contributed by atoms with Crippen molar-refractivity contribution >= 4 is 12.0 Å². The zero-order valence-corrected chi connectivity index (χ0v) is 11.0. The number of carboxylic acids is 1. The van der Waals surface area contributed by atoms with Crippen molar-refractivity contribution in [1.82, 2.24) is 10.2 Å². The molecule has 0 aromatic carbocycles. The summed E-state index contributed by atoms with van der Waals surface area (Å²) in [5.41, 5.74) is 0. The molecule has 2 amide bonds. The van der Waals surface area contributed by atoms with Crippen LogP contribution in [0.4, 0.5) is 4.79 Å². The van der Waals surface area contributed by atoms with Crippen molar-refractivity contribution in [3.05, 3.63) is 0 Å². The highest BCUT2D eigenvalue weighted by Gasteiger charge is 2.25. The Hall–Kier alpha value is -1.30. The molecular weight excluding hydrogens is 236 g/mol. The first-order valence-electron chi connectivity index (χ1n) is 6.43. The number of hydrogen-bond acceptors (Lipinski definition) is 3. The third kappa shape index (κ3) is 4.52. The van der Waals surface area contributed by atoms with Crippen LogP contribution in [-0.4, -0.2) is 53.8 Å². The van der Waals surface area contributed by atoms with Crippen LogP contribution >= 0.6 is 0 Å². The molecule has 1 heterocycles. The van der Waals surface area contributed by atoms with E-state index in [9.17, 15) is 9.59 Å². The first-order valence-corrected chi connectivity index (χ1v) is 6.43.